The number of likely N-dealkylation sites (tertiary alicyclic amines) is 1. The van der Waals surface area contributed by atoms with E-state index in [4.69, 9.17) is 16.0 Å². The maximum Gasteiger partial charge on any atom is 0.239 e. The number of nitrogens with zero attached hydrogens (tertiary/aromatic N) is 2. The lowest BCUT2D eigenvalue weighted by Gasteiger charge is -2.32. The van der Waals surface area contributed by atoms with Gasteiger partial charge in [-0.1, -0.05) is 24.4 Å². The quantitative estimate of drug-likeness (QED) is 0.689. The van der Waals surface area contributed by atoms with Gasteiger partial charge in [0.15, 0.2) is 11.5 Å². The van der Waals surface area contributed by atoms with Crippen molar-refractivity contribution in [1.29, 1.82) is 0 Å². The number of amides is 1. The number of carbonyl (C=O) groups is 1. The summed E-state index contributed by atoms with van der Waals surface area (Å²) in [6.45, 7) is 1.58. The molecule has 2 aromatic rings. The lowest BCUT2D eigenvalue weighted by molar-refractivity contribution is -0.134. The Morgan fingerprint density at radius 2 is 1.90 bits per heavy atom. The predicted octanol–water partition coefficient (Wildman–Crippen LogP) is 4.95. The predicted molar refractivity (Wildman–Crippen MR) is 119 cm³/mol. The van der Waals surface area contributed by atoms with E-state index < -0.39 is 0 Å². The van der Waals surface area contributed by atoms with Gasteiger partial charge in [-0.25, -0.2) is 4.98 Å². The van der Waals surface area contributed by atoms with E-state index in [1.54, 1.807) is 0 Å². The monoisotopic (exact) mass is 459 g/mol. The van der Waals surface area contributed by atoms with Crippen LogP contribution < -0.4 is 5.32 Å². The average Bonchev–Trinajstić information content (AvgIpc) is 3.31. The van der Waals surface area contributed by atoms with E-state index in [1.165, 1.54) is 25.7 Å². The van der Waals surface area contributed by atoms with Crippen LogP contribution in [-0.4, -0.2) is 41.0 Å². The van der Waals surface area contributed by atoms with Crippen LogP contribution in [0.3, 0.4) is 0 Å². The molecule has 3 fully saturated rings. The first-order chi connectivity index (χ1) is 13.2. The Balaban J connectivity index is 0.00000120. The van der Waals surface area contributed by atoms with Crippen LogP contribution in [0.25, 0.3) is 11.1 Å². The van der Waals surface area contributed by atoms with Crippen molar-refractivity contribution in [3.8, 4) is 0 Å². The van der Waals surface area contributed by atoms with Gasteiger partial charge >= 0.3 is 0 Å². The average molecular weight is 461 g/mol. The third-order valence-electron chi connectivity index (χ3n) is 6.68. The largest absolute Gasteiger partial charge is 0.440 e. The molecular weight excluding hydrogens is 433 g/mol. The first-order valence-corrected chi connectivity index (χ1v) is 10.7. The number of aromatic nitrogens is 1. The summed E-state index contributed by atoms with van der Waals surface area (Å²) in [6, 6.07) is 6.14. The number of hydrogen-bond acceptors (Lipinski definition) is 4. The molecule has 3 heterocycles. The standard InChI is InChI=1S/C21H26ClN3O2.2ClH/c22-15-5-6-19-17(12-15)24-20(27-19)13-7-9-25(10-8-13)21(26)18-11-14-3-1-2-4-16(14)23-18;;/h5-6,12-14,16,18,23H,1-4,7-11H2;2*1H. The van der Waals surface area contributed by atoms with Crippen molar-refractivity contribution in [3.05, 3.63) is 29.1 Å². The maximum atomic E-state index is 13.0. The van der Waals surface area contributed by atoms with Crippen molar-refractivity contribution in [3.63, 3.8) is 0 Å². The van der Waals surface area contributed by atoms with Gasteiger partial charge in [0.2, 0.25) is 5.91 Å². The van der Waals surface area contributed by atoms with Gasteiger partial charge in [-0.05, 0) is 56.2 Å². The van der Waals surface area contributed by atoms with E-state index in [2.05, 4.69) is 10.3 Å². The molecule has 0 spiro atoms. The van der Waals surface area contributed by atoms with E-state index in [9.17, 15) is 4.79 Å². The molecular formula is C21H28Cl3N3O2. The molecule has 1 amide bonds. The summed E-state index contributed by atoms with van der Waals surface area (Å²) in [5.74, 6) is 2.06. The van der Waals surface area contributed by atoms with Crippen molar-refractivity contribution in [2.75, 3.05) is 13.1 Å². The molecule has 1 N–H and O–H groups in total. The van der Waals surface area contributed by atoms with E-state index in [1.807, 2.05) is 23.1 Å². The molecule has 3 unspecified atom stereocenters. The highest BCUT2D eigenvalue weighted by molar-refractivity contribution is 6.31. The van der Waals surface area contributed by atoms with Crippen molar-refractivity contribution < 1.29 is 9.21 Å². The van der Waals surface area contributed by atoms with E-state index in [0.717, 1.165) is 49.3 Å². The molecule has 1 aliphatic carbocycles. The van der Waals surface area contributed by atoms with Crippen molar-refractivity contribution in [1.82, 2.24) is 15.2 Å². The Hall–Kier alpha value is -1.01. The molecule has 3 atom stereocenters. The second-order valence-corrected chi connectivity index (χ2v) is 8.81. The molecule has 1 saturated carbocycles. The second-order valence-electron chi connectivity index (χ2n) is 8.37. The van der Waals surface area contributed by atoms with Gasteiger partial charge in [0.05, 0.1) is 6.04 Å². The molecule has 2 saturated heterocycles. The fraction of sp³-hybridized carbons (Fsp3) is 0.619. The first kappa shape index (κ1) is 22.7. The van der Waals surface area contributed by atoms with Gasteiger partial charge in [0.25, 0.3) is 0 Å². The summed E-state index contributed by atoms with van der Waals surface area (Å²) in [4.78, 5) is 19.6. The zero-order valence-corrected chi connectivity index (χ0v) is 18.7. The SMILES string of the molecule is Cl.Cl.O=C(C1CC2CCCCC2N1)N1CCC(c2nc3cc(Cl)ccc3o2)CC1. The number of nitrogens with one attached hydrogen (secondary N) is 1. The number of hydrogen-bond donors (Lipinski definition) is 1. The second kappa shape index (κ2) is 9.42. The lowest BCUT2D eigenvalue weighted by Crippen LogP contribution is -2.48. The number of halogens is 3. The molecule has 0 bridgehead atoms. The summed E-state index contributed by atoms with van der Waals surface area (Å²) in [5, 5.41) is 4.29. The highest BCUT2D eigenvalue weighted by atomic mass is 35.5. The number of rotatable bonds is 2. The topological polar surface area (TPSA) is 58.4 Å². The van der Waals surface area contributed by atoms with Gasteiger partial charge in [-0.3, -0.25) is 4.79 Å². The Kier molecular flexibility index (Phi) is 7.36. The molecule has 1 aromatic heterocycles. The Labute approximate surface area is 188 Å². The summed E-state index contributed by atoms with van der Waals surface area (Å²) < 4.78 is 5.94. The van der Waals surface area contributed by atoms with Crippen LogP contribution >= 0.6 is 36.4 Å². The normalized spacial score (nSPS) is 27.2. The Morgan fingerprint density at radius 1 is 1.14 bits per heavy atom. The summed E-state index contributed by atoms with van der Waals surface area (Å²) in [7, 11) is 0. The van der Waals surface area contributed by atoms with Gasteiger partial charge in [-0.2, -0.15) is 0 Å². The molecule has 8 heteroatoms. The highest BCUT2D eigenvalue weighted by Gasteiger charge is 2.40. The number of fused-ring (bicyclic) bond motifs is 2. The lowest BCUT2D eigenvalue weighted by atomic mass is 9.85. The molecule has 2 aliphatic heterocycles. The summed E-state index contributed by atoms with van der Waals surface area (Å²) in [5.41, 5.74) is 1.60. The van der Waals surface area contributed by atoms with Crippen LogP contribution in [0.4, 0.5) is 0 Å². The van der Waals surface area contributed by atoms with Crippen molar-refractivity contribution >= 4 is 53.4 Å². The number of benzene rings is 1. The van der Waals surface area contributed by atoms with Crippen LogP contribution in [0.5, 0.6) is 0 Å². The van der Waals surface area contributed by atoms with Gasteiger partial charge < -0.3 is 14.6 Å². The minimum Gasteiger partial charge on any atom is -0.440 e. The Morgan fingerprint density at radius 3 is 2.66 bits per heavy atom. The van der Waals surface area contributed by atoms with Gasteiger partial charge in [0, 0.05) is 30.1 Å². The van der Waals surface area contributed by atoms with E-state index in [-0.39, 0.29) is 36.8 Å². The zero-order valence-electron chi connectivity index (χ0n) is 16.3. The van der Waals surface area contributed by atoms with Crippen LogP contribution in [-0.2, 0) is 4.79 Å². The smallest absolute Gasteiger partial charge is 0.239 e. The summed E-state index contributed by atoms with van der Waals surface area (Å²) in [6.07, 6.45) is 7.98. The van der Waals surface area contributed by atoms with E-state index in [0.29, 0.717) is 22.9 Å². The molecule has 1 aromatic carbocycles. The number of carbonyl (C=O) groups excluding carboxylic acids is 1. The van der Waals surface area contributed by atoms with Gasteiger partial charge in [-0.15, -0.1) is 24.8 Å². The third-order valence-corrected chi connectivity index (χ3v) is 6.92. The van der Waals surface area contributed by atoms with Gasteiger partial charge in [0.1, 0.15) is 5.52 Å². The fourth-order valence-electron chi connectivity index (χ4n) is 5.17. The molecule has 5 nitrogen and oxygen atoms in total. The highest BCUT2D eigenvalue weighted by Crippen LogP contribution is 2.35. The van der Waals surface area contributed by atoms with Crippen LogP contribution in [0.15, 0.2) is 22.6 Å². The zero-order chi connectivity index (χ0) is 18.4. The minimum absolute atomic E-state index is 0. The molecule has 5 rings (SSSR count). The molecule has 29 heavy (non-hydrogen) atoms. The minimum atomic E-state index is 0. The van der Waals surface area contributed by atoms with Crippen LogP contribution in [0.2, 0.25) is 5.02 Å². The van der Waals surface area contributed by atoms with Crippen molar-refractivity contribution in [2.24, 2.45) is 5.92 Å². The maximum absolute atomic E-state index is 13.0. The third kappa shape index (κ3) is 4.53. The molecule has 3 aliphatic rings. The number of oxazole rings is 1. The van der Waals surface area contributed by atoms with Crippen LogP contribution in [0.1, 0.15) is 56.8 Å². The Bertz CT molecular complexity index is 837. The van der Waals surface area contributed by atoms with Crippen molar-refractivity contribution in [2.45, 2.75) is 62.9 Å². The van der Waals surface area contributed by atoms with Crippen LogP contribution in [0, 0.1) is 5.92 Å². The number of piperidine rings is 1. The molecule has 0 radical (unpaired) electrons. The fourth-order valence-corrected chi connectivity index (χ4v) is 5.34. The molecule has 160 valence electrons. The first-order valence-electron chi connectivity index (χ1n) is 10.3. The summed E-state index contributed by atoms with van der Waals surface area (Å²) >= 11 is 6.04. The van der Waals surface area contributed by atoms with E-state index >= 15 is 0 Å².